The fraction of sp³-hybridized carbons (Fsp3) is 0.696. The summed E-state index contributed by atoms with van der Waals surface area (Å²) >= 11 is 1.40. The lowest BCUT2D eigenvalue weighted by Gasteiger charge is -2.54. The molecule has 0 atom stereocenters. The molecule has 2 aliphatic carbocycles. The number of rotatable bonds is 7. The van der Waals surface area contributed by atoms with Gasteiger partial charge in [-0.05, 0) is 64.4 Å². The van der Waals surface area contributed by atoms with E-state index in [1.54, 1.807) is 32.4 Å². The van der Waals surface area contributed by atoms with E-state index >= 15 is 0 Å². The Kier molecular flexibility index (Phi) is 6.45. The summed E-state index contributed by atoms with van der Waals surface area (Å²) in [5, 5.41) is 0.583. The topological polar surface area (TPSA) is 104 Å². The number of carbonyl (C=O) groups excluding carboxylic acids is 1. The van der Waals surface area contributed by atoms with Crippen molar-refractivity contribution in [3.63, 3.8) is 0 Å². The lowest BCUT2D eigenvalue weighted by molar-refractivity contribution is -0.0205. The number of fused-ring (bicyclic) bond motifs is 1. The van der Waals surface area contributed by atoms with Crippen molar-refractivity contribution in [1.29, 1.82) is 0 Å². The minimum atomic E-state index is -0.596. The van der Waals surface area contributed by atoms with Crippen LogP contribution in [0.3, 0.4) is 0 Å². The van der Waals surface area contributed by atoms with Crippen LogP contribution in [0.2, 0.25) is 0 Å². The van der Waals surface area contributed by atoms with E-state index in [0.717, 1.165) is 23.3 Å². The fourth-order valence-electron chi connectivity index (χ4n) is 4.99. The van der Waals surface area contributed by atoms with E-state index < -0.39 is 11.7 Å². The van der Waals surface area contributed by atoms with Crippen LogP contribution >= 0.6 is 11.3 Å². The van der Waals surface area contributed by atoms with Gasteiger partial charge < -0.3 is 9.47 Å². The number of carbonyl (C=O) groups is 1. The number of hydrazine groups is 1. The third kappa shape index (κ3) is 4.61. The number of aryl methyl sites for hydroxylation is 1. The van der Waals surface area contributed by atoms with Gasteiger partial charge >= 0.3 is 11.8 Å². The minimum Gasteiger partial charge on any atom is -0.443 e. The van der Waals surface area contributed by atoms with Crippen molar-refractivity contribution >= 4 is 27.6 Å². The van der Waals surface area contributed by atoms with E-state index in [4.69, 9.17) is 9.47 Å². The molecule has 0 saturated heterocycles. The number of thiophene rings is 1. The van der Waals surface area contributed by atoms with Gasteiger partial charge in [-0.2, -0.15) is 0 Å². The highest BCUT2D eigenvalue weighted by molar-refractivity contribution is 7.18. The maximum Gasteiger partial charge on any atom is 0.422 e. The molecule has 33 heavy (non-hydrogen) atoms. The van der Waals surface area contributed by atoms with E-state index in [1.807, 2.05) is 6.92 Å². The van der Waals surface area contributed by atoms with Gasteiger partial charge in [-0.25, -0.2) is 15.0 Å². The Labute approximate surface area is 197 Å². The lowest BCUT2D eigenvalue weighted by Crippen LogP contribution is -2.51. The predicted octanol–water partition coefficient (Wildman–Crippen LogP) is 3.21. The Hall–Kier alpha value is -2.17. The Balaban J connectivity index is 1.63. The van der Waals surface area contributed by atoms with Crippen molar-refractivity contribution in [2.45, 2.75) is 84.5 Å². The number of methoxy groups -OCH3 is 1. The van der Waals surface area contributed by atoms with Crippen molar-refractivity contribution < 1.29 is 14.3 Å². The molecule has 10 heteroatoms. The predicted molar refractivity (Wildman–Crippen MR) is 128 cm³/mol. The van der Waals surface area contributed by atoms with Crippen molar-refractivity contribution in [2.24, 2.45) is 5.41 Å². The quantitative estimate of drug-likeness (QED) is 0.593. The molecule has 2 aliphatic rings. The van der Waals surface area contributed by atoms with E-state index in [9.17, 15) is 14.4 Å². The zero-order valence-corrected chi connectivity index (χ0v) is 20.9. The van der Waals surface area contributed by atoms with Gasteiger partial charge in [-0.15, -0.1) is 11.3 Å². The first kappa shape index (κ1) is 24.0. The van der Waals surface area contributed by atoms with Gasteiger partial charge in [-0.3, -0.25) is 19.4 Å². The molecule has 2 fully saturated rings. The van der Waals surface area contributed by atoms with Crippen LogP contribution in [0.1, 0.15) is 69.4 Å². The normalized spacial score (nSPS) is 17.7. The van der Waals surface area contributed by atoms with Gasteiger partial charge in [0.1, 0.15) is 10.4 Å². The second-order valence-electron chi connectivity index (χ2n) is 10.3. The van der Waals surface area contributed by atoms with Crippen LogP contribution in [0.5, 0.6) is 0 Å². The molecule has 0 unspecified atom stereocenters. The summed E-state index contributed by atoms with van der Waals surface area (Å²) in [5.74, 6) is 0. The van der Waals surface area contributed by atoms with Crippen molar-refractivity contribution in [2.75, 3.05) is 13.7 Å². The van der Waals surface area contributed by atoms with Crippen LogP contribution in [-0.2, 0) is 22.6 Å². The number of ether oxygens (including phenoxy) is 2. The maximum atomic E-state index is 13.5. The third-order valence-electron chi connectivity index (χ3n) is 6.82. The molecule has 2 saturated carbocycles. The Morgan fingerprint density at radius 2 is 1.94 bits per heavy atom. The molecular formula is C23H34N4O5S. The first-order valence-corrected chi connectivity index (χ1v) is 12.3. The van der Waals surface area contributed by atoms with Crippen molar-refractivity contribution in [1.82, 2.24) is 20.0 Å². The van der Waals surface area contributed by atoms with Crippen LogP contribution in [0.15, 0.2) is 9.59 Å². The largest absolute Gasteiger partial charge is 0.443 e. The molecule has 4 rings (SSSR count). The maximum absolute atomic E-state index is 13.5. The Morgan fingerprint density at radius 1 is 1.24 bits per heavy atom. The van der Waals surface area contributed by atoms with Crippen molar-refractivity contribution in [3.8, 4) is 0 Å². The molecule has 2 aromatic rings. The van der Waals surface area contributed by atoms with Crippen LogP contribution in [0.25, 0.3) is 10.2 Å². The highest BCUT2D eigenvalue weighted by Crippen LogP contribution is 2.59. The monoisotopic (exact) mass is 478 g/mol. The zero-order chi connectivity index (χ0) is 24.0. The molecule has 2 aromatic heterocycles. The molecule has 9 nitrogen and oxygen atoms in total. The third-order valence-corrected chi connectivity index (χ3v) is 8.13. The standard InChI is InChI=1S/C23H34N4O5S/c1-14-16(13-24-25-20(29)32-22(2,3)4)33-19-17(14)18(28)27(21(30)26(19)9-10-31-5)15-11-23(12-15)7-6-8-23/h15,24H,6-13H2,1-5H3,(H,25,29). The Bertz CT molecular complexity index is 1160. The SMILES string of the molecule is COCCn1c(=O)n(C2CC3(CCC3)C2)c(=O)c2c(C)c(CNNC(=O)OC(C)(C)C)sc21. The highest BCUT2D eigenvalue weighted by atomic mass is 32.1. The van der Waals surface area contributed by atoms with Crippen LogP contribution in [0, 0.1) is 12.3 Å². The number of aromatic nitrogens is 2. The number of nitrogens with one attached hydrogen (secondary N) is 2. The van der Waals surface area contributed by atoms with Crippen LogP contribution in [0.4, 0.5) is 4.79 Å². The van der Waals surface area contributed by atoms with Crippen molar-refractivity contribution in [3.05, 3.63) is 31.3 Å². The Morgan fingerprint density at radius 3 is 2.52 bits per heavy atom. The first-order chi connectivity index (χ1) is 15.6. The molecule has 0 aliphatic heterocycles. The van der Waals surface area contributed by atoms with E-state index in [2.05, 4.69) is 10.9 Å². The number of hydrogen-bond acceptors (Lipinski definition) is 7. The summed E-state index contributed by atoms with van der Waals surface area (Å²) in [7, 11) is 1.60. The second kappa shape index (κ2) is 8.88. The summed E-state index contributed by atoms with van der Waals surface area (Å²) < 4.78 is 13.6. The molecule has 0 bridgehead atoms. The number of nitrogens with zero attached hydrogens (tertiary/aromatic N) is 2. The van der Waals surface area contributed by atoms with Gasteiger partial charge in [0, 0.05) is 24.6 Å². The minimum absolute atomic E-state index is 0.0294. The summed E-state index contributed by atoms with van der Waals surface area (Å²) in [6.07, 6.45) is 4.91. The average Bonchev–Trinajstić information content (AvgIpc) is 2.97. The van der Waals surface area contributed by atoms with E-state index in [-0.39, 0.29) is 17.3 Å². The van der Waals surface area contributed by atoms with E-state index in [0.29, 0.717) is 35.3 Å². The second-order valence-corrected chi connectivity index (χ2v) is 11.4. The van der Waals surface area contributed by atoms with Crippen LogP contribution in [-0.4, -0.2) is 34.5 Å². The van der Waals surface area contributed by atoms with Gasteiger partial charge in [0.25, 0.3) is 5.56 Å². The number of amides is 1. The molecule has 2 heterocycles. The molecule has 0 aromatic carbocycles. The molecule has 2 N–H and O–H groups in total. The lowest BCUT2D eigenvalue weighted by atomic mass is 9.54. The van der Waals surface area contributed by atoms with Gasteiger partial charge in [0.05, 0.1) is 18.5 Å². The van der Waals surface area contributed by atoms with Gasteiger partial charge in [0.2, 0.25) is 0 Å². The molecule has 0 radical (unpaired) electrons. The number of hydrogen-bond donors (Lipinski definition) is 2. The summed E-state index contributed by atoms with van der Waals surface area (Å²) in [6, 6.07) is -0.0294. The van der Waals surface area contributed by atoms with Gasteiger partial charge in [0.15, 0.2) is 0 Å². The zero-order valence-electron chi connectivity index (χ0n) is 20.1. The average molecular weight is 479 g/mol. The van der Waals surface area contributed by atoms with Crippen LogP contribution < -0.4 is 22.1 Å². The molecule has 1 spiro atoms. The summed E-state index contributed by atoms with van der Waals surface area (Å²) in [4.78, 5) is 40.4. The molecule has 1 amide bonds. The van der Waals surface area contributed by atoms with E-state index in [1.165, 1.54) is 35.2 Å². The fourth-order valence-corrected chi connectivity index (χ4v) is 6.24. The highest BCUT2D eigenvalue weighted by Gasteiger charge is 2.49. The molecular weight excluding hydrogens is 444 g/mol. The van der Waals surface area contributed by atoms with Gasteiger partial charge in [-0.1, -0.05) is 6.42 Å². The smallest absolute Gasteiger partial charge is 0.422 e. The molecule has 182 valence electrons. The first-order valence-electron chi connectivity index (χ1n) is 11.5. The summed E-state index contributed by atoms with van der Waals surface area (Å²) in [5.41, 5.74) is 5.53. The summed E-state index contributed by atoms with van der Waals surface area (Å²) in [6.45, 7) is 8.36.